The third kappa shape index (κ3) is 4.89. The zero-order valence-corrected chi connectivity index (χ0v) is 17.9. The monoisotopic (exact) mass is 434 g/mol. The standard InChI is InChI=1S/C25H23ClN2O3/c1-17-13-20-8-7-18(14-23(20)28(17)25(30)19-5-3-2-4-6-19)15-27-24(29)16-31-22-11-9-21(26)10-12-22/h2-12,14,17H,13,15-16H2,1H3,(H,27,29)/t17-/m0/s1. The second-order valence-corrected chi connectivity index (χ2v) is 8.01. The van der Waals surface area contributed by atoms with Crippen molar-refractivity contribution < 1.29 is 14.3 Å². The van der Waals surface area contributed by atoms with Gasteiger partial charge in [-0.05, 0) is 66.9 Å². The summed E-state index contributed by atoms with van der Waals surface area (Å²) in [6, 6.07) is 22.3. The molecule has 0 saturated heterocycles. The molecule has 2 amide bonds. The Bertz CT molecular complexity index is 1080. The van der Waals surface area contributed by atoms with Gasteiger partial charge < -0.3 is 15.0 Å². The van der Waals surface area contributed by atoms with Crippen LogP contribution in [-0.2, 0) is 17.8 Å². The molecule has 0 aliphatic carbocycles. The van der Waals surface area contributed by atoms with Crippen molar-refractivity contribution in [1.29, 1.82) is 0 Å². The number of rotatable bonds is 6. The molecule has 0 aromatic heterocycles. The van der Waals surface area contributed by atoms with E-state index in [4.69, 9.17) is 16.3 Å². The van der Waals surface area contributed by atoms with E-state index in [0.29, 0.717) is 22.9 Å². The molecule has 1 atom stereocenters. The predicted molar refractivity (Wildman–Crippen MR) is 122 cm³/mol. The van der Waals surface area contributed by atoms with Gasteiger partial charge in [0.1, 0.15) is 5.75 Å². The summed E-state index contributed by atoms with van der Waals surface area (Å²) < 4.78 is 5.47. The highest BCUT2D eigenvalue weighted by atomic mass is 35.5. The molecule has 1 aliphatic rings. The normalized spacial score (nSPS) is 14.8. The third-order valence-electron chi connectivity index (χ3n) is 5.28. The molecule has 0 spiro atoms. The fourth-order valence-corrected chi connectivity index (χ4v) is 3.85. The number of carbonyl (C=O) groups excluding carboxylic acids is 2. The summed E-state index contributed by atoms with van der Waals surface area (Å²) >= 11 is 5.85. The molecule has 1 aliphatic heterocycles. The first kappa shape index (κ1) is 20.9. The number of benzene rings is 3. The number of amides is 2. The molecule has 31 heavy (non-hydrogen) atoms. The number of nitrogens with one attached hydrogen (secondary N) is 1. The van der Waals surface area contributed by atoms with Crippen molar-refractivity contribution in [2.45, 2.75) is 25.9 Å². The number of hydrogen-bond acceptors (Lipinski definition) is 3. The maximum atomic E-state index is 13.1. The van der Waals surface area contributed by atoms with Crippen molar-refractivity contribution in [3.8, 4) is 5.75 Å². The van der Waals surface area contributed by atoms with Crippen molar-refractivity contribution in [1.82, 2.24) is 5.32 Å². The summed E-state index contributed by atoms with van der Waals surface area (Å²) in [6.45, 7) is 2.33. The summed E-state index contributed by atoms with van der Waals surface area (Å²) in [4.78, 5) is 27.1. The minimum absolute atomic E-state index is 0.00981. The lowest BCUT2D eigenvalue weighted by Crippen LogP contribution is -2.35. The minimum atomic E-state index is -0.221. The van der Waals surface area contributed by atoms with Crippen LogP contribution in [-0.4, -0.2) is 24.5 Å². The van der Waals surface area contributed by atoms with E-state index < -0.39 is 0 Å². The van der Waals surface area contributed by atoms with E-state index in [0.717, 1.165) is 23.2 Å². The molecular formula is C25H23ClN2O3. The van der Waals surface area contributed by atoms with Gasteiger partial charge in [0.05, 0.1) is 0 Å². The fourth-order valence-electron chi connectivity index (χ4n) is 3.72. The van der Waals surface area contributed by atoms with E-state index in [2.05, 4.69) is 12.2 Å². The molecule has 5 nitrogen and oxygen atoms in total. The molecule has 6 heteroatoms. The third-order valence-corrected chi connectivity index (χ3v) is 5.53. The highest BCUT2D eigenvalue weighted by Gasteiger charge is 2.31. The highest BCUT2D eigenvalue weighted by Crippen LogP contribution is 2.34. The van der Waals surface area contributed by atoms with Gasteiger partial charge in [-0.25, -0.2) is 0 Å². The number of hydrogen-bond donors (Lipinski definition) is 1. The van der Waals surface area contributed by atoms with Gasteiger partial charge in [-0.1, -0.05) is 41.9 Å². The van der Waals surface area contributed by atoms with Gasteiger partial charge in [0.2, 0.25) is 0 Å². The second-order valence-electron chi connectivity index (χ2n) is 7.58. The lowest BCUT2D eigenvalue weighted by molar-refractivity contribution is -0.123. The molecule has 1 N–H and O–H groups in total. The van der Waals surface area contributed by atoms with Crippen molar-refractivity contribution in [3.63, 3.8) is 0 Å². The van der Waals surface area contributed by atoms with Crippen molar-refractivity contribution in [3.05, 3.63) is 94.5 Å². The van der Waals surface area contributed by atoms with E-state index in [1.165, 1.54) is 0 Å². The van der Waals surface area contributed by atoms with Crippen LogP contribution in [0.1, 0.15) is 28.4 Å². The lowest BCUT2D eigenvalue weighted by atomic mass is 10.1. The topological polar surface area (TPSA) is 58.6 Å². The Labute approximate surface area is 186 Å². The van der Waals surface area contributed by atoms with Gasteiger partial charge >= 0.3 is 0 Å². The van der Waals surface area contributed by atoms with Crippen LogP contribution < -0.4 is 15.0 Å². The van der Waals surface area contributed by atoms with Crippen LogP contribution in [0.3, 0.4) is 0 Å². The molecule has 3 aromatic rings. The average molecular weight is 435 g/mol. The number of fused-ring (bicyclic) bond motifs is 1. The first-order chi connectivity index (χ1) is 15.0. The summed E-state index contributed by atoms with van der Waals surface area (Å²) in [5.41, 5.74) is 3.64. The van der Waals surface area contributed by atoms with E-state index >= 15 is 0 Å². The first-order valence-corrected chi connectivity index (χ1v) is 10.5. The van der Waals surface area contributed by atoms with Gasteiger partial charge in [-0.2, -0.15) is 0 Å². The molecule has 0 bridgehead atoms. The van der Waals surface area contributed by atoms with Crippen LogP contribution in [0.15, 0.2) is 72.8 Å². The van der Waals surface area contributed by atoms with Crippen LogP contribution in [0.2, 0.25) is 5.02 Å². The SMILES string of the molecule is C[C@H]1Cc2ccc(CNC(=O)COc3ccc(Cl)cc3)cc2N1C(=O)c1ccccc1. The Balaban J connectivity index is 1.40. The van der Waals surface area contributed by atoms with E-state index in [1.807, 2.05) is 53.4 Å². The van der Waals surface area contributed by atoms with E-state index in [-0.39, 0.29) is 24.5 Å². The molecule has 158 valence electrons. The summed E-state index contributed by atoms with van der Waals surface area (Å²) in [5, 5.41) is 3.48. The van der Waals surface area contributed by atoms with Crippen molar-refractivity contribution in [2.24, 2.45) is 0 Å². The Hall–Kier alpha value is -3.31. The number of carbonyl (C=O) groups is 2. The summed E-state index contributed by atoms with van der Waals surface area (Å²) in [7, 11) is 0. The lowest BCUT2D eigenvalue weighted by Gasteiger charge is -2.23. The molecule has 0 fully saturated rings. The van der Waals surface area contributed by atoms with Crippen molar-refractivity contribution in [2.75, 3.05) is 11.5 Å². The maximum Gasteiger partial charge on any atom is 0.258 e. The van der Waals surface area contributed by atoms with Gasteiger partial charge in [0.15, 0.2) is 6.61 Å². The van der Waals surface area contributed by atoms with Crippen LogP contribution >= 0.6 is 11.6 Å². The number of halogens is 1. The van der Waals surface area contributed by atoms with Gasteiger partial charge in [-0.15, -0.1) is 0 Å². The van der Waals surface area contributed by atoms with Crippen LogP contribution in [0, 0.1) is 0 Å². The zero-order valence-electron chi connectivity index (χ0n) is 17.2. The molecule has 1 heterocycles. The minimum Gasteiger partial charge on any atom is -0.484 e. The van der Waals surface area contributed by atoms with E-state index in [1.54, 1.807) is 24.3 Å². The highest BCUT2D eigenvalue weighted by molar-refractivity contribution is 6.30. The summed E-state index contributed by atoms with van der Waals surface area (Å²) in [6.07, 6.45) is 0.815. The molecular weight excluding hydrogens is 412 g/mol. The molecule has 0 radical (unpaired) electrons. The zero-order chi connectivity index (χ0) is 21.8. The number of ether oxygens (including phenoxy) is 1. The Morgan fingerprint density at radius 1 is 1.06 bits per heavy atom. The molecule has 4 rings (SSSR count). The van der Waals surface area contributed by atoms with Crippen LogP contribution in [0.4, 0.5) is 5.69 Å². The molecule has 0 saturated carbocycles. The largest absolute Gasteiger partial charge is 0.484 e. The Morgan fingerprint density at radius 3 is 2.55 bits per heavy atom. The first-order valence-electron chi connectivity index (χ1n) is 10.2. The Morgan fingerprint density at radius 2 is 1.81 bits per heavy atom. The number of anilines is 1. The second kappa shape index (κ2) is 9.23. The fraction of sp³-hybridized carbons (Fsp3) is 0.200. The Kier molecular flexibility index (Phi) is 6.23. The summed E-state index contributed by atoms with van der Waals surface area (Å²) in [5.74, 6) is 0.353. The maximum absolute atomic E-state index is 13.1. The van der Waals surface area contributed by atoms with Crippen LogP contribution in [0.25, 0.3) is 0 Å². The van der Waals surface area contributed by atoms with Crippen LogP contribution in [0.5, 0.6) is 5.75 Å². The van der Waals surface area contributed by atoms with Crippen molar-refractivity contribution >= 4 is 29.1 Å². The van der Waals surface area contributed by atoms with Gasteiger partial charge in [0, 0.05) is 28.9 Å². The average Bonchev–Trinajstić information content (AvgIpc) is 3.12. The number of nitrogens with zero attached hydrogens (tertiary/aromatic N) is 1. The predicted octanol–water partition coefficient (Wildman–Crippen LogP) is 4.63. The molecule has 0 unspecified atom stereocenters. The molecule has 3 aromatic carbocycles. The quantitative estimate of drug-likeness (QED) is 0.615. The smallest absolute Gasteiger partial charge is 0.258 e. The van der Waals surface area contributed by atoms with E-state index in [9.17, 15) is 9.59 Å². The van der Waals surface area contributed by atoms with Gasteiger partial charge in [-0.3, -0.25) is 9.59 Å². The van der Waals surface area contributed by atoms with Gasteiger partial charge in [0.25, 0.3) is 11.8 Å².